The number of esters is 1. The van der Waals surface area contributed by atoms with Gasteiger partial charge in [0.05, 0.1) is 16.8 Å². The van der Waals surface area contributed by atoms with Crippen molar-refractivity contribution < 1.29 is 14.3 Å². The number of aromatic nitrogens is 1. The van der Waals surface area contributed by atoms with E-state index in [1.54, 1.807) is 0 Å². The van der Waals surface area contributed by atoms with E-state index in [-0.39, 0.29) is 12.5 Å². The van der Waals surface area contributed by atoms with Crippen molar-refractivity contribution in [3.63, 3.8) is 0 Å². The third-order valence-corrected chi connectivity index (χ3v) is 5.57. The molecule has 5 nitrogen and oxygen atoms in total. The van der Waals surface area contributed by atoms with Gasteiger partial charge in [0, 0.05) is 17.5 Å². The van der Waals surface area contributed by atoms with E-state index in [1.165, 1.54) is 7.05 Å². The number of pyridine rings is 1. The normalized spacial score (nSPS) is 14.4. The number of nitrogens with zero attached hydrogens (tertiary/aromatic N) is 1. The first-order chi connectivity index (χ1) is 14.6. The Bertz CT molecular complexity index is 1170. The maximum Gasteiger partial charge on any atom is 0.339 e. The quantitative estimate of drug-likeness (QED) is 0.623. The fraction of sp³-hybridized carbons (Fsp3) is 0.208. The first-order valence-corrected chi connectivity index (χ1v) is 10.2. The fourth-order valence-electron chi connectivity index (χ4n) is 3.76. The number of allylic oxidation sites excluding steroid dienone is 1. The maximum absolute atomic E-state index is 13.0. The second-order valence-corrected chi connectivity index (χ2v) is 7.53. The van der Waals surface area contributed by atoms with E-state index in [4.69, 9.17) is 21.3 Å². The van der Waals surface area contributed by atoms with Crippen LogP contribution in [0, 0.1) is 0 Å². The molecule has 1 aromatic heterocycles. The van der Waals surface area contributed by atoms with Gasteiger partial charge >= 0.3 is 5.97 Å². The second kappa shape index (κ2) is 8.67. The van der Waals surface area contributed by atoms with Crippen LogP contribution in [-0.4, -0.2) is 30.5 Å². The van der Waals surface area contributed by atoms with E-state index in [9.17, 15) is 9.59 Å². The van der Waals surface area contributed by atoms with Gasteiger partial charge in [-0.1, -0.05) is 48.0 Å². The summed E-state index contributed by atoms with van der Waals surface area (Å²) in [4.78, 5) is 29.4. The molecule has 0 saturated heterocycles. The molecule has 0 spiro atoms. The van der Waals surface area contributed by atoms with Crippen molar-refractivity contribution in [2.45, 2.75) is 19.3 Å². The topological polar surface area (TPSA) is 68.3 Å². The molecule has 2 aromatic carbocycles. The molecule has 0 atom stereocenters. The average molecular weight is 421 g/mol. The summed E-state index contributed by atoms with van der Waals surface area (Å²) in [5.74, 6) is -0.859. The van der Waals surface area contributed by atoms with Crippen molar-refractivity contribution in [3.8, 4) is 0 Å². The number of halogens is 1. The summed E-state index contributed by atoms with van der Waals surface area (Å²) in [5, 5.41) is 3.86. The lowest BCUT2D eigenvalue weighted by Gasteiger charge is -2.22. The lowest BCUT2D eigenvalue weighted by molar-refractivity contribution is -0.123. The minimum absolute atomic E-state index is 0.316. The summed E-state index contributed by atoms with van der Waals surface area (Å²) in [5.41, 5.74) is 4.82. The van der Waals surface area contributed by atoms with Crippen LogP contribution in [0.1, 0.15) is 40.0 Å². The largest absolute Gasteiger partial charge is 0.452 e. The number of para-hydroxylation sites is 1. The van der Waals surface area contributed by atoms with E-state index >= 15 is 0 Å². The van der Waals surface area contributed by atoms with Crippen LogP contribution in [0.2, 0.25) is 5.02 Å². The van der Waals surface area contributed by atoms with Crippen LogP contribution < -0.4 is 5.32 Å². The van der Waals surface area contributed by atoms with E-state index in [0.29, 0.717) is 10.6 Å². The number of carbonyl (C=O) groups excluding carboxylic acids is 2. The Morgan fingerprint density at radius 1 is 1.13 bits per heavy atom. The molecular formula is C24H21ClN2O3. The van der Waals surface area contributed by atoms with Crippen LogP contribution >= 0.6 is 11.6 Å². The number of carbonyl (C=O) groups is 2. The molecule has 0 aliphatic heterocycles. The molecule has 3 aromatic rings. The van der Waals surface area contributed by atoms with Crippen molar-refractivity contribution in [1.29, 1.82) is 0 Å². The van der Waals surface area contributed by atoms with E-state index < -0.39 is 5.97 Å². The van der Waals surface area contributed by atoms with Gasteiger partial charge < -0.3 is 10.1 Å². The Kier molecular flexibility index (Phi) is 5.81. The van der Waals surface area contributed by atoms with Gasteiger partial charge in [0.1, 0.15) is 0 Å². The Morgan fingerprint density at radius 2 is 1.90 bits per heavy atom. The number of hydrogen-bond donors (Lipinski definition) is 1. The highest BCUT2D eigenvalue weighted by atomic mass is 35.5. The van der Waals surface area contributed by atoms with Gasteiger partial charge in [-0.2, -0.15) is 0 Å². The van der Waals surface area contributed by atoms with Crippen molar-refractivity contribution in [1.82, 2.24) is 10.3 Å². The van der Waals surface area contributed by atoms with Gasteiger partial charge in [0.25, 0.3) is 5.91 Å². The number of benzene rings is 2. The van der Waals surface area contributed by atoms with Gasteiger partial charge in [-0.3, -0.25) is 4.79 Å². The summed E-state index contributed by atoms with van der Waals surface area (Å²) in [7, 11) is 1.51. The molecule has 0 saturated carbocycles. The average Bonchev–Trinajstić information content (AvgIpc) is 2.77. The minimum Gasteiger partial charge on any atom is -0.452 e. The third-order valence-electron chi connectivity index (χ3n) is 5.22. The number of hydrogen-bond acceptors (Lipinski definition) is 4. The number of amides is 1. The fourth-order valence-corrected chi connectivity index (χ4v) is 3.95. The predicted molar refractivity (Wildman–Crippen MR) is 118 cm³/mol. The third kappa shape index (κ3) is 3.94. The Balaban J connectivity index is 1.86. The van der Waals surface area contributed by atoms with Gasteiger partial charge in [-0.15, -0.1) is 0 Å². The van der Waals surface area contributed by atoms with Crippen LogP contribution in [0.15, 0.2) is 48.5 Å². The molecule has 152 valence electrons. The number of rotatable bonds is 4. The molecule has 30 heavy (non-hydrogen) atoms. The van der Waals surface area contributed by atoms with Crippen molar-refractivity contribution in [2.24, 2.45) is 0 Å². The molecule has 1 N–H and O–H groups in total. The lowest BCUT2D eigenvalue weighted by Crippen LogP contribution is -2.26. The highest BCUT2D eigenvalue weighted by molar-refractivity contribution is 6.32. The SMILES string of the molecule is CNC(=O)COC(=O)c1c2c(nc3ccccc13)/C(=C\c1ccccc1Cl)CCC2. The van der Waals surface area contributed by atoms with E-state index in [0.717, 1.165) is 52.6 Å². The molecule has 0 fully saturated rings. The summed E-state index contributed by atoms with van der Waals surface area (Å²) >= 11 is 6.35. The summed E-state index contributed by atoms with van der Waals surface area (Å²) in [6, 6.07) is 15.2. The first kappa shape index (κ1) is 20.1. The maximum atomic E-state index is 13.0. The monoisotopic (exact) mass is 420 g/mol. The van der Waals surface area contributed by atoms with Crippen LogP contribution in [0.5, 0.6) is 0 Å². The van der Waals surface area contributed by atoms with E-state index in [1.807, 2.05) is 54.6 Å². The van der Waals surface area contributed by atoms with Crippen molar-refractivity contribution >= 4 is 46.0 Å². The molecule has 1 amide bonds. The molecule has 0 unspecified atom stereocenters. The number of ether oxygens (including phenoxy) is 1. The van der Waals surface area contributed by atoms with Crippen molar-refractivity contribution in [3.05, 3.63) is 75.9 Å². The van der Waals surface area contributed by atoms with Crippen LogP contribution in [0.25, 0.3) is 22.6 Å². The standard InChI is InChI=1S/C24H21ClN2O3/c1-26-21(28)14-30-24(29)22-17-9-3-5-12-20(17)27-23-16(8-6-10-18(22)23)13-15-7-2-4-11-19(15)25/h2-5,7,9,11-13H,6,8,10,14H2,1H3,(H,26,28)/b16-13-. The van der Waals surface area contributed by atoms with Gasteiger partial charge in [0.15, 0.2) is 6.61 Å². The molecule has 1 aliphatic rings. The van der Waals surface area contributed by atoms with Crippen LogP contribution in [0.3, 0.4) is 0 Å². The van der Waals surface area contributed by atoms with E-state index in [2.05, 4.69) is 5.32 Å². The molecule has 0 bridgehead atoms. The molecule has 0 radical (unpaired) electrons. The number of likely N-dealkylation sites (N-methyl/N-ethyl adjacent to an activating group) is 1. The summed E-state index contributed by atoms with van der Waals surface area (Å²) in [6.07, 6.45) is 4.49. The predicted octanol–water partition coefficient (Wildman–Crippen LogP) is 4.67. The van der Waals surface area contributed by atoms with Crippen molar-refractivity contribution in [2.75, 3.05) is 13.7 Å². The minimum atomic E-state index is -0.507. The molecule has 1 heterocycles. The van der Waals surface area contributed by atoms with Crippen LogP contribution in [0.4, 0.5) is 0 Å². The summed E-state index contributed by atoms with van der Waals surface area (Å²) < 4.78 is 5.31. The molecular weight excluding hydrogens is 400 g/mol. The zero-order valence-corrected chi connectivity index (χ0v) is 17.3. The smallest absolute Gasteiger partial charge is 0.339 e. The Labute approximate surface area is 179 Å². The highest BCUT2D eigenvalue weighted by Gasteiger charge is 2.26. The Hall–Kier alpha value is -3.18. The van der Waals surface area contributed by atoms with Gasteiger partial charge in [0.2, 0.25) is 0 Å². The molecule has 1 aliphatic carbocycles. The lowest BCUT2D eigenvalue weighted by atomic mass is 9.86. The number of nitrogens with one attached hydrogen (secondary N) is 1. The highest BCUT2D eigenvalue weighted by Crippen LogP contribution is 2.37. The first-order valence-electron chi connectivity index (χ1n) is 9.83. The summed E-state index contributed by atoms with van der Waals surface area (Å²) in [6.45, 7) is -0.316. The molecule has 6 heteroatoms. The number of fused-ring (bicyclic) bond motifs is 2. The second-order valence-electron chi connectivity index (χ2n) is 7.13. The Morgan fingerprint density at radius 3 is 2.70 bits per heavy atom. The van der Waals surface area contributed by atoms with Gasteiger partial charge in [-0.25, -0.2) is 9.78 Å². The van der Waals surface area contributed by atoms with Crippen LogP contribution in [-0.2, 0) is 16.0 Å². The van der Waals surface area contributed by atoms with Gasteiger partial charge in [-0.05, 0) is 54.2 Å². The zero-order chi connectivity index (χ0) is 21.1. The zero-order valence-electron chi connectivity index (χ0n) is 16.6. The molecule has 4 rings (SSSR count).